The van der Waals surface area contributed by atoms with Crippen LogP contribution in [0.5, 0.6) is 0 Å². The number of fused-ring (bicyclic) bond motifs is 10. The molecule has 13 unspecified atom stereocenters. The summed E-state index contributed by atoms with van der Waals surface area (Å²) >= 11 is 0. The molecule has 0 spiro atoms. The van der Waals surface area contributed by atoms with E-state index in [0.717, 1.165) is 77.0 Å². The Morgan fingerprint density at radius 3 is 1.90 bits per heavy atom. The smallest absolute Gasteiger partial charge is 0.338 e. The summed E-state index contributed by atoms with van der Waals surface area (Å²) in [6.07, 6.45) is 16.6. The zero-order chi connectivity index (χ0) is 41.4. The summed E-state index contributed by atoms with van der Waals surface area (Å²) in [5, 5.41) is 0. The predicted octanol–water partition coefficient (Wildman–Crippen LogP) is 10.7. The van der Waals surface area contributed by atoms with E-state index in [9.17, 15) is 19.2 Å². The zero-order valence-electron chi connectivity index (χ0n) is 36.0. The third-order valence-corrected chi connectivity index (χ3v) is 16.2. The van der Waals surface area contributed by atoms with Crippen molar-refractivity contribution in [3.8, 4) is 0 Å². The number of esters is 4. The highest BCUT2D eigenvalue weighted by atomic mass is 16.6. The minimum atomic E-state index is -0.544. The molecule has 6 fully saturated rings. The van der Waals surface area contributed by atoms with E-state index >= 15 is 0 Å². The first-order valence-corrected chi connectivity index (χ1v) is 23.0. The maximum atomic E-state index is 14.1. The monoisotopic (exact) mass is 799 g/mol. The second-order valence-electron chi connectivity index (χ2n) is 20.0. The third kappa shape index (κ3) is 8.59. The lowest BCUT2D eigenvalue weighted by Gasteiger charge is -2.45. The van der Waals surface area contributed by atoms with Gasteiger partial charge in [-0.15, -0.1) is 0 Å². The van der Waals surface area contributed by atoms with Crippen LogP contribution in [-0.2, 0) is 28.5 Å². The van der Waals surface area contributed by atoms with Crippen LogP contribution in [0.25, 0.3) is 0 Å². The molecule has 1 aromatic carbocycles. The molecule has 0 aromatic heterocycles. The lowest BCUT2D eigenvalue weighted by Crippen LogP contribution is -2.47. The normalized spacial score (nSPS) is 33.9. The molecule has 6 aliphatic carbocycles. The fourth-order valence-corrected chi connectivity index (χ4v) is 14.3. The van der Waals surface area contributed by atoms with Crippen molar-refractivity contribution in [2.75, 3.05) is 13.2 Å². The highest BCUT2D eigenvalue weighted by Crippen LogP contribution is 2.66. The SMILES string of the molecule is C=CC(=O)OCC1CC2C3CC(C2C1)C(C(CCC)(CCC)OC(=O)c1cccc(C(=O)OCC2CC4C5CC(CC(C)(CCC)OC(=O)C(=C)C)C(C5)C4C2)c1)C3. The summed E-state index contributed by atoms with van der Waals surface area (Å²) < 4.78 is 24.2. The van der Waals surface area contributed by atoms with Gasteiger partial charge < -0.3 is 18.9 Å². The molecule has 7 rings (SSSR count). The van der Waals surface area contributed by atoms with Gasteiger partial charge in [-0.05, 0) is 174 Å². The molecule has 4 bridgehead atoms. The van der Waals surface area contributed by atoms with Crippen LogP contribution in [0.1, 0.15) is 152 Å². The van der Waals surface area contributed by atoms with Gasteiger partial charge in [0.05, 0.1) is 24.3 Å². The summed E-state index contributed by atoms with van der Waals surface area (Å²) in [5.41, 5.74) is 0.228. The minimum absolute atomic E-state index is 0.289. The highest BCUT2D eigenvalue weighted by Gasteiger charge is 2.61. The van der Waals surface area contributed by atoms with Gasteiger partial charge in [0, 0.05) is 17.6 Å². The van der Waals surface area contributed by atoms with Gasteiger partial charge >= 0.3 is 23.9 Å². The first-order chi connectivity index (χ1) is 27.8. The van der Waals surface area contributed by atoms with Gasteiger partial charge in [0.1, 0.15) is 11.2 Å². The number of carbonyl (C=O) groups is 4. The lowest BCUT2D eigenvalue weighted by atomic mass is 9.66. The van der Waals surface area contributed by atoms with E-state index in [1.165, 1.54) is 25.3 Å². The summed E-state index contributed by atoms with van der Waals surface area (Å²) in [7, 11) is 0. The quantitative estimate of drug-likeness (QED) is 0.0774. The van der Waals surface area contributed by atoms with Gasteiger partial charge in [0.25, 0.3) is 0 Å². The maximum absolute atomic E-state index is 14.1. The molecule has 8 heteroatoms. The summed E-state index contributed by atoms with van der Waals surface area (Å²) in [4.78, 5) is 52.0. The van der Waals surface area contributed by atoms with Crippen molar-refractivity contribution in [1.82, 2.24) is 0 Å². The largest absolute Gasteiger partial charge is 0.462 e. The van der Waals surface area contributed by atoms with Crippen LogP contribution in [0.2, 0.25) is 0 Å². The van der Waals surface area contributed by atoms with Crippen LogP contribution in [0.3, 0.4) is 0 Å². The Hall–Kier alpha value is -3.42. The predicted molar refractivity (Wildman–Crippen MR) is 223 cm³/mol. The van der Waals surface area contributed by atoms with E-state index in [1.807, 2.05) is 0 Å². The molecular formula is C50H70O8. The molecule has 0 amide bonds. The molecule has 6 aliphatic rings. The van der Waals surface area contributed by atoms with Crippen LogP contribution in [0.4, 0.5) is 0 Å². The van der Waals surface area contributed by atoms with E-state index in [-0.39, 0.29) is 23.9 Å². The second kappa shape index (κ2) is 17.7. The maximum Gasteiger partial charge on any atom is 0.338 e. The summed E-state index contributed by atoms with van der Waals surface area (Å²) in [5.74, 6) is 5.23. The van der Waals surface area contributed by atoms with Crippen molar-refractivity contribution in [3.05, 3.63) is 60.2 Å². The fraction of sp³-hybridized carbons (Fsp3) is 0.720. The standard InChI is InChI=1S/C50H70O8/c1-8-15-49(7,57-46(52)30(5)6)27-37-23-35-24-40(37)41-20-32(19-38(35)41)29-56-47(53)33-13-12-14-34(22-33)48(54)58-50(16-9-2,17-10-3)44-26-36-25-43(44)42-21-31(18-39(36)42)28-55-45(51)11-4/h11-14,22,31-32,35-44H,4-5,8-10,15-21,23-29H2,1-3,6-7H3. The van der Waals surface area contributed by atoms with E-state index < -0.39 is 11.2 Å². The van der Waals surface area contributed by atoms with Gasteiger partial charge in [-0.1, -0.05) is 59.3 Å². The Bertz CT molecular complexity index is 1710. The van der Waals surface area contributed by atoms with E-state index in [1.54, 1.807) is 31.2 Å². The Morgan fingerprint density at radius 2 is 1.28 bits per heavy atom. The van der Waals surface area contributed by atoms with Crippen LogP contribution >= 0.6 is 0 Å². The molecule has 318 valence electrons. The Morgan fingerprint density at radius 1 is 0.707 bits per heavy atom. The molecule has 0 radical (unpaired) electrons. The molecule has 13 atom stereocenters. The third-order valence-electron chi connectivity index (χ3n) is 16.2. The Kier molecular flexibility index (Phi) is 13.0. The van der Waals surface area contributed by atoms with Crippen molar-refractivity contribution in [2.45, 2.75) is 142 Å². The van der Waals surface area contributed by atoms with Crippen molar-refractivity contribution in [2.24, 2.45) is 71.0 Å². The number of ether oxygens (including phenoxy) is 4. The first-order valence-electron chi connectivity index (χ1n) is 23.0. The van der Waals surface area contributed by atoms with Gasteiger partial charge in [-0.2, -0.15) is 0 Å². The van der Waals surface area contributed by atoms with Gasteiger partial charge in [-0.3, -0.25) is 0 Å². The van der Waals surface area contributed by atoms with Crippen molar-refractivity contribution >= 4 is 23.9 Å². The molecule has 8 nitrogen and oxygen atoms in total. The Labute approximate surface area is 347 Å². The molecule has 0 aliphatic heterocycles. The average molecular weight is 799 g/mol. The molecule has 58 heavy (non-hydrogen) atoms. The second-order valence-corrected chi connectivity index (χ2v) is 20.0. The van der Waals surface area contributed by atoms with Crippen molar-refractivity contribution in [1.29, 1.82) is 0 Å². The van der Waals surface area contributed by atoms with E-state index in [4.69, 9.17) is 18.9 Å². The molecular weight excluding hydrogens is 729 g/mol. The van der Waals surface area contributed by atoms with Gasteiger partial charge in [0.2, 0.25) is 0 Å². The summed E-state index contributed by atoms with van der Waals surface area (Å²) in [6, 6.07) is 6.94. The van der Waals surface area contributed by atoms with E-state index in [2.05, 4.69) is 40.9 Å². The highest BCUT2D eigenvalue weighted by molar-refractivity contribution is 5.95. The molecule has 0 N–H and O–H groups in total. The number of carbonyl (C=O) groups excluding carboxylic acids is 4. The van der Waals surface area contributed by atoms with Gasteiger partial charge in [-0.25, -0.2) is 19.2 Å². The van der Waals surface area contributed by atoms with Crippen molar-refractivity contribution < 1.29 is 38.1 Å². The average Bonchev–Trinajstić information content (AvgIpc) is 4.05. The van der Waals surface area contributed by atoms with Crippen LogP contribution in [0, 0.1) is 71.0 Å². The van der Waals surface area contributed by atoms with Gasteiger partial charge in [0.15, 0.2) is 0 Å². The Balaban J connectivity index is 0.948. The molecule has 1 aromatic rings. The van der Waals surface area contributed by atoms with Crippen LogP contribution < -0.4 is 0 Å². The number of benzene rings is 1. The lowest BCUT2D eigenvalue weighted by molar-refractivity contribution is -0.156. The molecule has 0 heterocycles. The summed E-state index contributed by atoms with van der Waals surface area (Å²) in [6.45, 7) is 18.5. The number of rotatable bonds is 19. The number of hydrogen-bond acceptors (Lipinski definition) is 8. The first kappa shape index (κ1) is 42.7. The fourth-order valence-electron chi connectivity index (χ4n) is 14.3. The van der Waals surface area contributed by atoms with Crippen molar-refractivity contribution in [3.63, 3.8) is 0 Å². The topological polar surface area (TPSA) is 105 Å². The van der Waals surface area contributed by atoms with E-state index in [0.29, 0.717) is 101 Å². The minimum Gasteiger partial charge on any atom is -0.462 e. The molecule has 0 saturated heterocycles. The van der Waals surface area contributed by atoms with Crippen LogP contribution in [0.15, 0.2) is 49.1 Å². The van der Waals surface area contributed by atoms with Crippen LogP contribution in [-0.4, -0.2) is 48.3 Å². The zero-order valence-corrected chi connectivity index (χ0v) is 36.0. The molecule has 6 saturated carbocycles. The number of hydrogen-bond donors (Lipinski definition) is 0.